The van der Waals surface area contributed by atoms with Gasteiger partial charge in [-0.2, -0.15) is 0 Å². The van der Waals surface area contributed by atoms with Crippen LogP contribution in [0.3, 0.4) is 0 Å². The summed E-state index contributed by atoms with van der Waals surface area (Å²) >= 11 is 0. The number of carbonyl (C=O) groups is 1. The van der Waals surface area contributed by atoms with Crippen LogP contribution >= 0.6 is 0 Å². The molecular formula is C23H31N5O2. The van der Waals surface area contributed by atoms with Crippen molar-refractivity contribution in [3.8, 4) is 5.75 Å². The second-order valence-corrected chi connectivity index (χ2v) is 7.37. The maximum absolute atomic E-state index is 11.1. The summed E-state index contributed by atoms with van der Waals surface area (Å²) in [4.78, 5) is 17.8. The molecule has 7 heteroatoms. The number of nitrogens with zero attached hydrogens (tertiary/aromatic N) is 2. The Morgan fingerprint density at radius 2 is 1.97 bits per heavy atom. The van der Waals surface area contributed by atoms with Gasteiger partial charge in [0.25, 0.3) is 0 Å². The summed E-state index contributed by atoms with van der Waals surface area (Å²) in [6.07, 6.45) is 1.92. The molecule has 1 aliphatic heterocycles. The van der Waals surface area contributed by atoms with Crippen LogP contribution in [0.4, 0.5) is 11.4 Å². The fourth-order valence-corrected chi connectivity index (χ4v) is 3.66. The number of amides is 1. The second-order valence-electron chi connectivity index (χ2n) is 7.37. The van der Waals surface area contributed by atoms with Crippen LogP contribution in [0.15, 0.2) is 53.5 Å². The van der Waals surface area contributed by atoms with Gasteiger partial charge in [-0.15, -0.1) is 0 Å². The van der Waals surface area contributed by atoms with Crippen LogP contribution in [-0.4, -0.2) is 51.7 Å². The predicted molar refractivity (Wildman–Crippen MR) is 123 cm³/mol. The second kappa shape index (κ2) is 10.5. The number of benzene rings is 2. The summed E-state index contributed by atoms with van der Waals surface area (Å²) in [6, 6.07) is 16.4. The molecule has 1 amide bonds. The molecule has 1 atom stereocenters. The van der Waals surface area contributed by atoms with Crippen molar-refractivity contribution in [3.63, 3.8) is 0 Å². The number of guanidine groups is 1. The van der Waals surface area contributed by atoms with Crippen molar-refractivity contribution < 1.29 is 9.53 Å². The first-order chi connectivity index (χ1) is 14.6. The fraction of sp³-hybridized carbons (Fsp3) is 0.391. The molecule has 160 valence electrons. The first-order valence-corrected chi connectivity index (χ1v) is 10.3. The molecule has 0 aromatic heterocycles. The molecule has 3 rings (SSSR count). The van der Waals surface area contributed by atoms with Crippen molar-refractivity contribution in [1.82, 2.24) is 10.6 Å². The van der Waals surface area contributed by atoms with Gasteiger partial charge < -0.3 is 25.6 Å². The fourth-order valence-electron chi connectivity index (χ4n) is 3.66. The van der Waals surface area contributed by atoms with E-state index >= 15 is 0 Å². The van der Waals surface area contributed by atoms with E-state index in [1.807, 2.05) is 42.5 Å². The average molecular weight is 410 g/mol. The molecule has 0 bridgehead atoms. The number of aliphatic imine (C=N–C) groups is 1. The third-order valence-electron chi connectivity index (χ3n) is 5.16. The summed E-state index contributed by atoms with van der Waals surface area (Å²) < 4.78 is 5.50. The normalized spacial score (nSPS) is 16.3. The van der Waals surface area contributed by atoms with Crippen LogP contribution in [-0.2, 0) is 11.2 Å². The molecule has 1 saturated heterocycles. The third-order valence-corrected chi connectivity index (χ3v) is 5.16. The van der Waals surface area contributed by atoms with Crippen LogP contribution < -0.4 is 25.6 Å². The highest BCUT2D eigenvalue weighted by atomic mass is 16.5. The number of methoxy groups -OCH3 is 1. The molecule has 3 N–H and O–H groups in total. The highest BCUT2D eigenvalue weighted by molar-refractivity contribution is 5.88. The van der Waals surface area contributed by atoms with E-state index in [9.17, 15) is 4.79 Å². The highest BCUT2D eigenvalue weighted by Crippen LogP contribution is 2.30. The lowest BCUT2D eigenvalue weighted by atomic mass is 10.1. The summed E-state index contributed by atoms with van der Waals surface area (Å²) in [7, 11) is 3.51. The summed E-state index contributed by atoms with van der Waals surface area (Å²) in [5.41, 5.74) is 3.16. The van der Waals surface area contributed by atoms with Crippen molar-refractivity contribution in [3.05, 3.63) is 54.1 Å². The van der Waals surface area contributed by atoms with Gasteiger partial charge in [-0.25, -0.2) is 0 Å². The Morgan fingerprint density at radius 1 is 1.20 bits per heavy atom. The largest absolute Gasteiger partial charge is 0.495 e. The minimum atomic E-state index is -0.0597. The molecule has 0 radical (unpaired) electrons. The van der Waals surface area contributed by atoms with E-state index in [2.05, 4.69) is 31.9 Å². The number of carbonyl (C=O) groups excluding carboxylic acids is 1. The lowest BCUT2D eigenvalue weighted by Crippen LogP contribution is -2.45. The van der Waals surface area contributed by atoms with E-state index < -0.39 is 0 Å². The minimum Gasteiger partial charge on any atom is -0.495 e. The molecule has 30 heavy (non-hydrogen) atoms. The average Bonchev–Trinajstić information content (AvgIpc) is 3.22. The van der Waals surface area contributed by atoms with Crippen LogP contribution in [0, 0.1) is 0 Å². The minimum absolute atomic E-state index is 0.0597. The lowest BCUT2D eigenvalue weighted by molar-refractivity contribution is -0.114. The van der Waals surface area contributed by atoms with Crippen LogP contribution in [0.25, 0.3) is 0 Å². The number of hydrogen-bond acceptors (Lipinski definition) is 4. The molecule has 1 fully saturated rings. The van der Waals surface area contributed by atoms with Crippen LogP contribution in [0.1, 0.15) is 18.9 Å². The molecule has 2 aromatic carbocycles. The van der Waals surface area contributed by atoms with Gasteiger partial charge in [-0.05, 0) is 42.7 Å². The van der Waals surface area contributed by atoms with Crippen LogP contribution in [0.5, 0.6) is 5.75 Å². The topological polar surface area (TPSA) is 78.0 Å². The zero-order valence-corrected chi connectivity index (χ0v) is 17.9. The quantitative estimate of drug-likeness (QED) is 0.484. The Morgan fingerprint density at radius 3 is 2.67 bits per heavy atom. The molecule has 1 heterocycles. The Bertz CT molecular complexity index is 866. The molecule has 1 aliphatic rings. The van der Waals surface area contributed by atoms with Crippen molar-refractivity contribution >= 4 is 23.2 Å². The number of nitrogens with one attached hydrogen (secondary N) is 3. The molecule has 7 nitrogen and oxygen atoms in total. The Labute approximate surface area is 178 Å². The molecule has 2 aromatic rings. The van der Waals surface area contributed by atoms with Crippen molar-refractivity contribution in [2.75, 3.05) is 44.0 Å². The van der Waals surface area contributed by atoms with E-state index in [1.165, 1.54) is 12.5 Å². The smallest absolute Gasteiger partial charge is 0.221 e. The van der Waals surface area contributed by atoms with Gasteiger partial charge >= 0.3 is 0 Å². The zero-order valence-electron chi connectivity index (χ0n) is 17.9. The predicted octanol–water partition coefficient (Wildman–Crippen LogP) is 2.64. The van der Waals surface area contributed by atoms with Gasteiger partial charge in [0, 0.05) is 45.3 Å². The van der Waals surface area contributed by atoms with E-state index in [0.717, 1.165) is 55.6 Å². The van der Waals surface area contributed by atoms with E-state index in [1.54, 1.807) is 14.2 Å². The van der Waals surface area contributed by atoms with Crippen molar-refractivity contribution in [2.24, 2.45) is 4.99 Å². The van der Waals surface area contributed by atoms with Gasteiger partial charge in [0.2, 0.25) is 5.91 Å². The molecule has 1 unspecified atom stereocenters. The highest BCUT2D eigenvalue weighted by Gasteiger charge is 2.25. The molecular weight excluding hydrogens is 378 g/mol. The number of ether oxygens (including phenoxy) is 1. The van der Waals surface area contributed by atoms with Crippen LogP contribution in [0.2, 0.25) is 0 Å². The number of para-hydroxylation sites is 2. The first-order valence-electron chi connectivity index (χ1n) is 10.3. The summed E-state index contributed by atoms with van der Waals surface area (Å²) in [5.74, 6) is 1.66. The van der Waals surface area contributed by atoms with Gasteiger partial charge in [0.1, 0.15) is 5.75 Å². The number of rotatable bonds is 7. The molecule has 0 spiro atoms. The SMILES string of the molecule is CN=C(NCCc1ccc(NC(C)=O)cc1)NC1CCN(c2ccccc2OC)C1. The molecule has 0 aliphatic carbocycles. The number of hydrogen-bond donors (Lipinski definition) is 3. The van der Waals surface area contributed by atoms with Gasteiger partial charge in [0.05, 0.1) is 12.8 Å². The van der Waals surface area contributed by atoms with Gasteiger partial charge in [-0.1, -0.05) is 24.3 Å². The maximum atomic E-state index is 11.1. The van der Waals surface area contributed by atoms with Gasteiger partial charge in [-0.3, -0.25) is 9.79 Å². The van der Waals surface area contributed by atoms with Crippen molar-refractivity contribution in [1.29, 1.82) is 0 Å². The zero-order chi connectivity index (χ0) is 21.3. The number of anilines is 2. The van der Waals surface area contributed by atoms with E-state index in [-0.39, 0.29) is 5.91 Å². The standard InChI is InChI=1S/C23H31N5O2/c1-17(29)26-19-10-8-18(9-11-19)12-14-25-23(24-2)27-20-13-15-28(16-20)21-6-4-5-7-22(21)30-3/h4-11,20H,12-16H2,1-3H3,(H,26,29)(H2,24,25,27). The lowest BCUT2D eigenvalue weighted by Gasteiger charge is -2.22. The van der Waals surface area contributed by atoms with E-state index in [0.29, 0.717) is 6.04 Å². The Balaban J connectivity index is 1.45. The monoisotopic (exact) mass is 409 g/mol. The van der Waals surface area contributed by atoms with E-state index in [4.69, 9.17) is 4.74 Å². The Kier molecular flexibility index (Phi) is 7.54. The van der Waals surface area contributed by atoms with Gasteiger partial charge in [0.15, 0.2) is 5.96 Å². The maximum Gasteiger partial charge on any atom is 0.221 e. The summed E-state index contributed by atoms with van der Waals surface area (Å²) in [6.45, 7) is 4.18. The summed E-state index contributed by atoms with van der Waals surface area (Å²) in [5, 5.41) is 9.71. The third kappa shape index (κ3) is 5.89. The molecule has 0 saturated carbocycles. The van der Waals surface area contributed by atoms with Crippen molar-refractivity contribution in [2.45, 2.75) is 25.8 Å². The Hall–Kier alpha value is -3.22. The first kappa shape index (κ1) is 21.5.